The number of nitrogens with one attached hydrogen (secondary N) is 1. The van der Waals surface area contributed by atoms with Crippen molar-refractivity contribution >= 4 is 6.09 Å². The Morgan fingerprint density at radius 1 is 1.41 bits per heavy atom. The van der Waals surface area contributed by atoms with Crippen LogP contribution in [0.4, 0.5) is 9.18 Å². The van der Waals surface area contributed by atoms with Crippen LogP contribution in [-0.4, -0.2) is 36.7 Å². The number of nitrogens with zero attached hydrogens (tertiary/aromatic N) is 1. The molecule has 0 aliphatic heterocycles. The quantitative estimate of drug-likeness (QED) is 0.902. The van der Waals surface area contributed by atoms with Crippen LogP contribution in [0.2, 0.25) is 0 Å². The number of hydrogen-bond acceptors (Lipinski definition) is 3. The highest BCUT2D eigenvalue weighted by Crippen LogP contribution is 2.16. The minimum atomic E-state index is -0.495. The Kier molecular flexibility index (Phi) is 6.35. The maximum atomic E-state index is 13.6. The van der Waals surface area contributed by atoms with Crippen molar-refractivity contribution in [1.82, 2.24) is 10.2 Å². The molecule has 1 aromatic rings. The van der Waals surface area contributed by atoms with Crippen molar-refractivity contribution in [1.29, 1.82) is 0 Å². The molecule has 124 valence electrons. The third-order valence-corrected chi connectivity index (χ3v) is 3.30. The second-order valence-electron chi connectivity index (χ2n) is 6.59. The molecule has 1 N–H and O–H groups in total. The smallest absolute Gasteiger partial charge is 0.410 e. The number of benzene rings is 1. The average molecular weight is 310 g/mol. The number of amides is 1. The normalized spacial score (nSPS) is 12.9. The highest BCUT2D eigenvalue weighted by Gasteiger charge is 2.19. The van der Waals surface area contributed by atoms with Crippen LogP contribution in [-0.2, 0) is 4.74 Å². The molecule has 0 spiro atoms. The Morgan fingerprint density at radius 3 is 2.59 bits per heavy atom. The van der Waals surface area contributed by atoms with E-state index in [1.54, 1.807) is 26.1 Å². The molecule has 0 radical (unpaired) electrons. The number of ether oxygens (including phenoxy) is 1. The number of aryl methyl sites for hydroxylation is 1. The first-order valence-electron chi connectivity index (χ1n) is 7.53. The van der Waals surface area contributed by atoms with Crippen LogP contribution in [0.3, 0.4) is 0 Å². The van der Waals surface area contributed by atoms with Crippen LogP contribution in [0.1, 0.15) is 44.9 Å². The van der Waals surface area contributed by atoms with Gasteiger partial charge in [-0.1, -0.05) is 12.1 Å². The molecular formula is C17H27FN2O2. The van der Waals surface area contributed by atoms with Gasteiger partial charge in [0.25, 0.3) is 0 Å². The molecule has 1 atom stereocenters. The van der Waals surface area contributed by atoms with Gasteiger partial charge in [0.2, 0.25) is 0 Å². The second kappa shape index (κ2) is 7.58. The zero-order valence-corrected chi connectivity index (χ0v) is 14.4. The van der Waals surface area contributed by atoms with E-state index in [4.69, 9.17) is 4.74 Å². The van der Waals surface area contributed by atoms with Crippen molar-refractivity contribution in [2.24, 2.45) is 0 Å². The van der Waals surface area contributed by atoms with Crippen molar-refractivity contribution in [3.8, 4) is 0 Å². The molecule has 0 heterocycles. The van der Waals surface area contributed by atoms with Crippen molar-refractivity contribution in [3.05, 3.63) is 35.1 Å². The summed E-state index contributed by atoms with van der Waals surface area (Å²) in [6.07, 6.45) is -0.344. The predicted octanol–water partition coefficient (Wildman–Crippen LogP) is 3.65. The Bertz CT molecular complexity index is 512. The van der Waals surface area contributed by atoms with Crippen molar-refractivity contribution in [2.45, 2.75) is 46.3 Å². The van der Waals surface area contributed by atoms with Gasteiger partial charge in [0.05, 0.1) is 0 Å². The Morgan fingerprint density at radius 2 is 2.05 bits per heavy atom. The fourth-order valence-corrected chi connectivity index (χ4v) is 1.88. The van der Waals surface area contributed by atoms with E-state index in [1.165, 1.54) is 4.90 Å². The molecule has 0 aliphatic carbocycles. The van der Waals surface area contributed by atoms with Gasteiger partial charge >= 0.3 is 6.09 Å². The lowest BCUT2D eigenvalue weighted by molar-refractivity contribution is 0.0299. The molecule has 4 nitrogen and oxygen atoms in total. The van der Waals surface area contributed by atoms with Gasteiger partial charge in [-0.3, -0.25) is 0 Å². The van der Waals surface area contributed by atoms with E-state index in [0.29, 0.717) is 18.7 Å². The first-order valence-corrected chi connectivity index (χ1v) is 7.53. The van der Waals surface area contributed by atoms with Gasteiger partial charge in [0, 0.05) is 26.2 Å². The lowest BCUT2D eigenvalue weighted by Gasteiger charge is -2.25. The van der Waals surface area contributed by atoms with Crippen LogP contribution < -0.4 is 5.32 Å². The molecule has 0 aliphatic rings. The summed E-state index contributed by atoms with van der Waals surface area (Å²) >= 11 is 0. The van der Waals surface area contributed by atoms with E-state index in [0.717, 1.165) is 5.56 Å². The van der Waals surface area contributed by atoms with Crippen LogP contribution in [0.5, 0.6) is 0 Å². The monoisotopic (exact) mass is 310 g/mol. The molecule has 0 bridgehead atoms. The summed E-state index contributed by atoms with van der Waals surface area (Å²) in [5, 5.41) is 3.28. The Hall–Kier alpha value is -1.62. The highest BCUT2D eigenvalue weighted by atomic mass is 19.1. The van der Waals surface area contributed by atoms with Crippen LogP contribution in [0.15, 0.2) is 18.2 Å². The number of carbonyl (C=O) groups excluding carboxylic acids is 1. The first kappa shape index (κ1) is 18.4. The molecule has 0 saturated heterocycles. The molecule has 1 rings (SSSR count). The zero-order valence-electron chi connectivity index (χ0n) is 14.4. The van der Waals surface area contributed by atoms with Crippen molar-refractivity contribution in [2.75, 3.05) is 20.1 Å². The average Bonchev–Trinajstić information content (AvgIpc) is 2.39. The molecule has 1 amide bonds. The second-order valence-corrected chi connectivity index (χ2v) is 6.59. The lowest BCUT2D eigenvalue weighted by Crippen LogP contribution is -2.38. The number of hydrogen-bond donors (Lipinski definition) is 1. The maximum absolute atomic E-state index is 13.6. The highest BCUT2D eigenvalue weighted by molar-refractivity contribution is 5.67. The van der Waals surface area contributed by atoms with E-state index in [1.807, 2.05) is 33.8 Å². The number of rotatable bonds is 5. The Balaban J connectivity index is 2.43. The largest absolute Gasteiger partial charge is 0.444 e. The predicted molar refractivity (Wildman–Crippen MR) is 86.4 cm³/mol. The van der Waals surface area contributed by atoms with E-state index in [-0.39, 0.29) is 18.0 Å². The van der Waals surface area contributed by atoms with E-state index in [9.17, 15) is 9.18 Å². The summed E-state index contributed by atoms with van der Waals surface area (Å²) in [6, 6.07) is 5.25. The third kappa shape index (κ3) is 6.02. The van der Waals surface area contributed by atoms with Crippen LogP contribution >= 0.6 is 0 Å². The lowest BCUT2D eigenvalue weighted by atomic mass is 10.1. The molecular weight excluding hydrogens is 283 g/mol. The number of carbonyl (C=O) groups is 1. The maximum Gasteiger partial charge on any atom is 0.410 e. The van der Waals surface area contributed by atoms with E-state index in [2.05, 4.69) is 5.32 Å². The van der Waals surface area contributed by atoms with Gasteiger partial charge in [0.1, 0.15) is 11.4 Å². The molecule has 0 saturated carbocycles. The van der Waals surface area contributed by atoms with Crippen LogP contribution in [0, 0.1) is 12.7 Å². The van der Waals surface area contributed by atoms with E-state index < -0.39 is 5.60 Å². The molecule has 22 heavy (non-hydrogen) atoms. The summed E-state index contributed by atoms with van der Waals surface area (Å²) in [5.41, 5.74) is 1.04. The minimum Gasteiger partial charge on any atom is -0.444 e. The van der Waals surface area contributed by atoms with Crippen molar-refractivity contribution < 1.29 is 13.9 Å². The standard InChI is InChI=1S/C17H27FN2O2/c1-12-7-8-14(11-15(12)18)13(2)19-9-10-20(6)16(21)22-17(3,4)5/h7-8,11,13,19H,9-10H2,1-6H3. The van der Waals surface area contributed by atoms with Crippen LogP contribution in [0.25, 0.3) is 0 Å². The topological polar surface area (TPSA) is 41.6 Å². The fraction of sp³-hybridized carbons (Fsp3) is 0.588. The molecule has 0 aromatic heterocycles. The summed E-state index contributed by atoms with van der Waals surface area (Å²) in [7, 11) is 1.70. The number of halogens is 1. The fourth-order valence-electron chi connectivity index (χ4n) is 1.88. The summed E-state index contributed by atoms with van der Waals surface area (Å²) in [4.78, 5) is 13.3. The molecule has 1 unspecified atom stereocenters. The molecule has 1 aromatic carbocycles. The van der Waals surface area contributed by atoms with Gasteiger partial charge in [-0.05, 0) is 51.8 Å². The van der Waals surface area contributed by atoms with Gasteiger partial charge in [-0.15, -0.1) is 0 Å². The first-order chi connectivity index (χ1) is 10.1. The SMILES string of the molecule is Cc1ccc(C(C)NCCN(C)C(=O)OC(C)(C)C)cc1F. The van der Waals surface area contributed by atoms with Gasteiger partial charge in [-0.25, -0.2) is 9.18 Å². The summed E-state index contributed by atoms with van der Waals surface area (Å²) in [5.74, 6) is -0.197. The zero-order chi connectivity index (χ0) is 16.9. The number of likely N-dealkylation sites (N-methyl/N-ethyl adjacent to an activating group) is 1. The molecule has 0 fully saturated rings. The summed E-state index contributed by atoms with van der Waals surface area (Å²) < 4.78 is 18.8. The Labute approximate surface area is 132 Å². The van der Waals surface area contributed by atoms with Gasteiger partial charge < -0.3 is 15.0 Å². The molecule has 5 heteroatoms. The van der Waals surface area contributed by atoms with Gasteiger partial charge in [0.15, 0.2) is 0 Å². The van der Waals surface area contributed by atoms with Crippen molar-refractivity contribution in [3.63, 3.8) is 0 Å². The van der Waals surface area contributed by atoms with Gasteiger partial charge in [-0.2, -0.15) is 0 Å². The summed E-state index contributed by atoms with van der Waals surface area (Å²) in [6.45, 7) is 10.4. The third-order valence-electron chi connectivity index (χ3n) is 3.30. The minimum absolute atomic E-state index is 0.0159. The van der Waals surface area contributed by atoms with E-state index >= 15 is 0 Å².